The molecule has 0 aliphatic carbocycles. The van der Waals surface area contributed by atoms with Gasteiger partial charge in [0, 0.05) is 12.6 Å². The first kappa shape index (κ1) is 9.97. The molecule has 0 aromatic heterocycles. The molecule has 1 aliphatic heterocycles. The fourth-order valence-electron chi connectivity index (χ4n) is 1.95. The average molecular weight is 173 g/mol. The van der Waals surface area contributed by atoms with Gasteiger partial charge in [0.05, 0.1) is 0 Å². The minimum absolute atomic E-state index is 0.571. The molecule has 0 N–H and O–H groups in total. The molecule has 0 aromatic carbocycles. The van der Waals surface area contributed by atoms with Gasteiger partial charge in [-0.3, -0.25) is 4.90 Å². The summed E-state index contributed by atoms with van der Waals surface area (Å²) in [5.41, 5.74) is 0. The predicted molar refractivity (Wildman–Crippen MR) is 50.1 cm³/mol. The summed E-state index contributed by atoms with van der Waals surface area (Å²) < 4.78 is 13.0. The summed E-state index contributed by atoms with van der Waals surface area (Å²) in [5, 5.41) is 0. The summed E-state index contributed by atoms with van der Waals surface area (Å²) in [6.07, 6.45) is 3.64. The van der Waals surface area contributed by atoms with Gasteiger partial charge < -0.3 is 0 Å². The smallest absolute Gasteiger partial charge is 0.113 e. The highest BCUT2D eigenvalue weighted by molar-refractivity contribution is 4.76. The number of rotatable bonds is 3. The van der Waals surface area contributed by atoms with E-state index in [1.807, 2.05) is 0 Å². The lowest BCUT2D eigenvalue weighted by molar-refractivity contribution is 0.101. The van der Waals surface area contributed by atoms with Crippen LogP contribution in [-0.2, 0) is 0 Å². The van der Waals surface area contributed by atoms with E-state index in [-0.39, 0.29) is 0 Å². The average Bonchev–Trinajstić information content (AvgIpc) is 2.05. The molecule has 0 saturated carbocycles. The van der Waals surface area contributed by atoms with Gasteiger partial charge in [-0.05, 0) is 32.7 Å². The topological polar surface area (TPSA) is 3.24 Å². The Morgan fingerprint density at radius 2 is 2.33 bits per heavy atom. The van der Waals surface area contributed by atoms with E-state index in [1.165, 1.54) is 12.8 Å². The molecule has 0 aromatic rings. The van der Waals surface area contributed by atoms with E-state index in [9.17, 15) is 4.39 Å². The first-order valence-electron chi connectivity index (χ1n) is 5.12. The van der Waals surface area contributed by atoms with E-state index in [0.717, 1.165) is 19.4 Å². The lowest BCUT2D eigenvalue weighted by atomic mass is 10.1. The van der Waals surface area contributed by atoms with E-state index in [4.69, 9.17) is 0 Å². The zero-order valence-corrected chi connectivity index (χ0v) is 8.22. The first-order valence-corrected chi connectivity index (χ1v) is 5.12. The summed E-state index contributed by atoms with van der Waals surface area (Å²) >= 11 is 0. The van der Waals surface area contributed by atoms with Gasteiger partial charge in [0.15, 0.2) is 0 Å². The van der Waals surface area contributed by atoms with Gasteiger partial charge in [0.1, 0.15) is 6.17 Å². The molecule has 0 amide bonds. The van der Waals surface area contributed by atoms with Gasteiger partial charge in [-0.15, -0.1) is 0 Å². The van der Waals surface area contributed by atoms with Crippen LogP contribution in [0.4, 0.5) is 4.39 Å². The van der Waals surface area contributed by atoms with Gasteiger partial charge in [-0.1, -0.05) is 13.3 Å². The molecule has 1 saturated heterocycles. The normalized spacial score (nSPS) is 28.8. The summed E-state index contributed by atoms with van der Waals surface area (Å²) in [6, 6.07) is 0.577. The van der Waals surface area contributed by atoms with Crippen molar-refractivity contribution in [2.75, 3.05) is 13.1 Å². The third-order valence-electron chi connectivity index (χ3n) is 2.73. The van der Waals surface area contributed by atoms with E-state index in [0.29, 0.717) is 12.6 Å². The zero-order chi connectivity index (χ0) is 8.97. The molecule has 72 valence electrons. The largest absolute Gasteiger partial charge is 0.298 e. The van der Waals surface area contributed by atoms with Crippen molar-refractivity contribution in [3.63, 3.8) is 0 Å². The molecule has 1 heterocycles. The summed E-state index contributed by atoms with van der Waals surface area (Å²) in [4.78, 5) is 2.29. The van der Waals surface area contributed by atoms with Crippen molar-refractivity contribution in [1.29, 1.82) is 0 Å². The Hall–Kier alpha value is -0.110. The minimum atomic E-state index is -0.571. The number of halogens is 1. The molecule has 12 heavy (non-hydrogen) atoms. The summed E-state index contributed by atoms with van der Waals surface area (Å²) in [6.45, 7) is 6.16. The number of piperidine rings is 1. The van der Waals surface area contributed by atoms with Crippen LogP contribution in [0.5, 0.6) is 0 Å². The van der Waals surface area contributed by atoms with Gasteiger partial charge in [0.25, 0.3) is 0 Å². The number of hydrogen-bond acceptors (Lipinski definition) is 1. The maximum Gasteiger partial charge on any atom is 0.113 e. The highest BCUT2D eigenvalue weighted by Gasteiger charge is 2.22. The maximum absolute atomic E-state index is 13.0. The van der Waals surface area contributed by atoms with Crippen LogP contribution in [0.2, 0.25) is 0 Å². The molecule has 1 fully saturated rings. The van der Waals surface area contributed by atoms with Crippen molar-refractivity contribution < 1.29 is 4.39 Å². The van der Waals surface area contributed by atoms with E-state index >= 15 is 0 Å². The monoisotopic (exact) mass is 173 g/mol. The zero-order valence-electron chi connectivity index (χ0n) is 8.22. The third kappa shape index (κ3) is 2.74. The molecular weight excluding hydrogens is 153 g/mol. The SMILES string of the molecule is CCCC(C)N1CCC[C@@H](F)C1. The Bertz CT molecular complexity index is 127. The minimum Gasteiger partial charge on any atom is -0.298 e. The number of nitrogens with zero attached hydrogens (tertiary/aromatic N) is 1. The van der Waals surface area contributed by atoms with Crippen molar-refractivity contribution in [1.82, 2.24) is 4.90 Å². The van der Waals surface area contributed by atoms with Gasteiger partial charge in [-0.25, -0.2) is 4.39 Å². The Kier molecular flexibility index (Phi) is 3.99. The van der Waals surface area contributed by atoms with Crippen molar-refractivity contribution in [2.45, 2.75) is 51.7 Å². The lowest BCUT2D eigenvalue weighted by Gasteiger charge is -2.33. The molecule has 1 rings (SSSR count). The molecule has 2 atom stereocenters. The number of likely N-dealkylation sites (tertiary alicyclic amines) is 1. The molecule has 1 nitrogen and oxygen atoms in total. The Morgan fingerprint density at radius 1 is 1.58 bits per heavy atom. The quantitative estimate of drug-likeness (QED) is 0.634. The molecule has 2 heteroatoms. The van der Waals surface area contributed by atoms with Crippen LogP contribution < -0.4 is 0 Å². The summed E-state index contributed by atoms with van der Waals surface area (Å²) in [5.74, 6) is 0. The highest BCUT2D eigenvalue weighted by atomic mass is 19.1. The van der Waals surface area contributed by atoms with Crippen LogP contribution in [0.3, 0.4) is 0 Å². The van der Waals surface area contributed by atoms with E-state index in [2.05, 4.69) is 18.7 Å². The van der Waals surface area contributed by atoms with Crippen LogP contribution in [-0.4, -0.2) is 30.2 Å². The molecule has 0 bridgehead atoms. The van der Waals surface area contributed by atoms with Crippen LogP contribution >= 0.6 is 0 Å². The van der Waals surface area contributed by atoms with Crippen molar-refractivity contribution in [3.8, 4) is 0 Å². The number of hydrogen-bond donors (Lipinski definition) is 0. The molecule has 1 aliphatic rings. The third-order valence-corrected chi connectivity index (χ3v) is 2.73. The van der Waals surface area contributed by atoms with Crippen LogP contribution in [0.25, 0.3) is 0 Å². The lowest BCUT2D eigenvalue weighted by Crippen LogP contribution is -2.42. The first-order chi connectivity index (χ1) is 5.74. The molecule has 1 unspecified atom stereocenters. The van der Waals surface area contributed by atoms with Crippen molar-refractivity contribution in [2.24, 2.45) is 0 Å². The van der Waals surface area contributed by atoms with Gasteiger partial charge in [-0.2, -0.15) is 0 Å². The van der Waals surface area contributed by atoms with Crippen molar-refractivity contribution in [3.05, 3.63) is 0 Å². The molecular formula is C10H20FN. The van der Waals surface area contributed by atoms with Crippen LogP contribution in [0, 0.1) is 0 Å². The summed E-state index contributed by atoms with van der Waals surface area (Å²) in [7, 11) is 0. The van der Waals surface area contributed by atoms with Gasteiger partial charge in [0.2, 0.25) is 0 Å². The number of alkyl halides is 1. The van der Waals surface area contributed by atoms with Crippen LogP contribution in [0.1, 0.15) is 39.5 Å². The van der Waals surface area contributed by atoms with Crippen LogP contribution in [0.15, 0.2) is 0 Å². The molecule has 0 radical (unpaired) electrons. The van der Waals surface area contributed by atoms with E-state index < -0.39 is 6.17 Å². The Morgan fingerprint density at radius 3 is 2.92 bits per heavy atom. The molecule has 0 spiro atoms. The second-order valence-corrected chi connectivity index (χ2v) is 3.87. The highest BCUT2D eigenvalue weighted by Crippen LogP contribution is 2.17. The fourth-order valence-corrected chi connectivity index (χ4v) is 1.95. The maximum atomic E-state index is 13.0. The second kappa shape index (κ2) is 4.80. The Balaban J connectivity index is 2.29. The second-order valence-electron chi connectivity index (χ2n) is 3.87. The Labute approximate surface area is 74.9 Å². The van der Waals surface area contributed by atoms with Crippen molar-refractivity contribution >= 4 is 0 Å². The van der Waals surface area contributed by atoms with E-state index in [1.54, 1.807) is 0 Å². The standard InChI is InChI=1S/C10H20FN/c1-3-5-9(2)12-7-4-6-10(11)8-12/h9-10H,3-8H2,1-2H3/t9?,10-/m1/s1. The van der Waals surface area contributed by atoms with Gasteiger partial charge >= 0.3 is 0 Å². The fraction of sp³-hybridized carbons (Fsp3) is 1.00. The predicted octanol–water partition coefficient (Wildman–Crippen LogP) is 2.61.